The number of halogens is 2. The molecule has 0 aliphatic heterocycles. The third-order valence-corrected chi connectivity index (χ3v) is 8.25. The maximum Gasteiger partial charge on any atom is 0.161 e. The molecule has 3 aromatic rings. The summed E-state index contributed by atoms with van der Waals surface area (Å²) in [7, 11) is 1.60. The van der Waals surface area contributed by atoms with Gasteiger partial charge in [0.1, 0.15) is 17.7 Å². The second-order valence-electron chi connectivity index (χ2n) is 9.79. The van der Waals surface area contributed by atoms with E-state index in [2.05, 4.69) is 26.8 Å². The molecule has 1 aliphatic rings. The number of fused-ring (bicyclic) bond motifs is 1. The number of hydrogen-bond donors (Lipinski definition) is 0. The van der Waals surface area contributed by atoms with Gasteiger partial charge in [0, 0.05) is 26.7 Å². The Labute approximate surface area is 221 Å². The van der Waals surface area contributed by atoms with Crippen LogP contribution in [0, 0.1) is 22.7 Å². The van der Waals surface area contributed by atoms with E-state index in [0.29, 0.717) is 34.1 Å². The number of benzene rings is 2. The van der Waals surface area contributed by atoms with E-state index >= 15 is 0 Å². The van der Waals surface area contributed by atoms with E-state index in [9.17, 15) is 5.26 Å². The van der Waals surface area contributed by atoms with E-state index in [4.69, 9.17) is 37.7 Å². The maximum absolute atomic E-state index is 9.82. The molecular formula is C28H28Cl2N2O2S. The molecule has 1 heterocycles. The van der Waals surface area contributed by atoms with Crippen molar-refractivity contribution in [3.8, 4) is 17.6 Å². The first-order chi connectivity index (χ1) is 16.7. The Kier molecular flexibility index (Phi) is 7.76. The van der Waals surface area contributed by atoms with E-state index in [-0.39, 0.29) is 5.41 Å². The number of thiophene rings is 1. The molecule has 0 saturated heterocycles. The molecule has 0 saturated carbocycles. The van der Waals surface area contributed by atoms with Crippen molar-refractivity contribution in [1.29, 1.82) is 5.26 Å². The fourth-order valence-corrected chi connectivity index (χ4v) is 6.01. The smallest absolute Gasteiger partial charge is 0.161 e. The first-order valence-electron chi connectivity index (χ1n) is 11.5. The highest BCUT2D eigenvalue weighted by Gasteiger charge is 2.32. The molecule has 0 radical (unpaired) electrons. The SMILES string of the molecule is COc1cc(C=Nc2sc3c(c2C#N)CC[C@H](C(C)(C)C)C3)ccc1OCc1ccc(Cl)cc1Cl. The normalized spacial score (nSPS) is 15.6. The van der Waals surface area contributed by atoms with Gasteiger partial charge in [-0.2, -0.15) is 5.26 Å². The van der Waals surface area contributed by atoms with Gasteiger partial charge in [0.25, 0.3) is 0 Å². The van der Waals surface area contributed by atoms with Gasteiger partial charge in [-0.25, -0.2) is 4.99 Å². The molecule has 35 heavy (non-hydrogen) atoms. The average molecular weight is 528 g/mol. The Morgan fingerprint density at radius 3 is 2.66 bits per heavy atom. The minimum atomic E-state index is 0.261. The minimum absolute atomic E-state index is 0.261. The lowest BCUT2D eigenvalue weighted by atomic mass is 9.72. The molecule has 0 N–H and O–H groups in total. The van der Waals surface area contributed by atoms with Crippen molar-refractivity contribution < 1.29 is 9.47 Å². The summed E-state index contributed by atoms with van der Waals surface area (Å²) < 4.78 is 11.5. The zero-order valence-electron chi connectivity index (χ0n) is 20.3. The van der Waals surface area contributed by atoms with Gasteiger partial charge in [-0.15, -0.1) is 11.3 Å². The van der Waals surface area contributed by atoms with E-state index < -0.39 is 0 Å². The van der Waals surface area contributed by atoms with Crippen LogP contribution in [0.3, 0.4) is 0 Å². The predicted octanol–water partition coefficient (Wildman–Crippen LogP) is 8.42. The first kappa shape index (κ1) is 25.6. The van der Waals surface area contributed by atoms with E-state index in [1.165, 1.54) is 10.4 Å². The van der Waals surface area contributed by atoms with Crippen molar-refractivity contribution in [3.63, 3.8) is 0 Å². The van der Waals surface area contributed by atoms with Gasteiger partial charge in [0.2, 0.25) is 0 Å². The van der Waals surface area contributed by atoms with Crippen molar-refractivity contribution >= 4 is 45.8 Å². The Hall–Kier alpha value is -2.52. The van der Waals surface area contributed by atoms with Crippen molar-refractivity contribution in [2.24, 2.45) is 16.3 Å². The number of hydrogen-bond acceptors (Lipinski definition) is 5. The zero-order chi connectivity index (χ0) is 25.2. The minimum Gasteiger partial charge on any atom is -0.493 e. The Balaban J connectivity index is 1.52. The molecule has 0 spiro atoms. The van der Waals surface area contributed by atoms with Crippen LogP contribution in [-0.4, -0.2) is 13.3 Å². The van der Waals surface area contributed by atoms with Gasteiger partial charge in [-0.3, -0.25) is 0 Å². The van der Waals surface area contributed by atoms with Crippen LogP contribution in [0.1, 0.15) is 54.3 Å². The number of rotatable bonds is 6. The third kappa shape index (κ3) is 5.83. The molecule has 0 fully saturated rings. The van der Waals surface area contributed by atoms with Gasteiger partial charge < -0.3 is 9.47 Å². The monoisotopic (exact) mass is 526 g/mol. The van der Waals surface area contributed by atoms with Crippen LogP contribution in [0.5, 0.6) is 11.5 Å². The largest absolute Gasteiger partial charge is 0.493 e. The molecule has 1 atom stereocenters. The zero-order valence-corrected chi connectivity index (χ0v) is 22.7. The number of aliphatic imine (C=N–C) groups is 1. The lowest BCUT2D eigenvalue weighted by Crippen LogP contribution is -2.26. The maximum atomic E-state index is 9.82. The highest BCUT2D eigenvalue weighted by atomic mass is 35.5. The Morgan fingerprint density at radius 2 is 1.97 bits per heavy atom. The molecule has 182 valence electrons. The van der Waals surface area contributed by atoms with Crippen molar-refractivity contribution in [2.45, 2.75) is 46.6 Å². The second kappa shape index (κ2) is 10.6. The summed E-state index contributed by atoms with van der Waals surface area (Å²) in [5.41, 5.74) is 3.87. The molecule has 1 aliphatic carbocycles. The summed E-state index contributed by atoms with van der Waals surface area (Å²) in [5.74, 6) is 1.82. The molecule has 0 bridgehead atoms. The van der Waals surface area contributed by atoms with E-state index in [1.807, 2.05) is 24.3 Å². The lowest BCUT2D eigenvalue weighted by Gasteiger charge is -2.33. The van der Waals surface area contributed by atoms with Crippen LogP contribution in [0.15, 0.2) is 41.4 Å². The lowest BCUT2D eigenvalue weighted by molar-refractivity contribution is 0.218. The summed E-state index contributed by atoms with van der Waals surface area (Å²) in [6.07, 6.45) is 4.86. The van der Waals surface area contributed by atoms with Crippen molar-refractivity contribution in [1.82, 2.24) is 0 Å². The fourth-order valence-electron chi connectivity index (χ4n) is 4.33. The molecular weight excluding hydrogens is 499 g/mol. The Morgan fingerprint density at radius 1 is 1.17 bits per heavy atom. The molecule has 0 unspecified atom stereocenters. The third-order valence-electron chi connectivity index (χ3n) is 6.50. The summed E-state index contributed by atoms with van der Waals surface area (Å²) in [5, 5.41) is 11.7. The molecule has 0 amide bonds. The topological polar surface area (TPSA) is 54.6 Å². The van der Waals surface area contributed by atoms with Gasteiger partial charge >= 0.3 is 0 Å². The first-order valence-corrected chi connectivity index (χ1v) is 13.1. The van der Waals surface area contributed by atoms with E-state index in [0.717, 1.165) is 41.0 Å². The van der Waals surface area contributed by atoms with Crippen LogP contribution in [0.4, 0.5) is 5.00 Å². The molecule has 2 aromatic carbocycles. The highest BCUT2D eigenvalue weighted by Crippen LogP contribution is 2.45. The summed E-state index contributed by atoms with van der Waals surface area (Å²) >= 11 is 13.9. The van der Waals surface area contributed by atoms with Gasteiger partial charge in [0.05, 0.1) is 12.7 Å². The highest BCUT2D eigenvalue weighted by molar-refractivity contribution is 7.16. The number of nitrogens with zero attached hydrogens (tertiary/aromatic N) is 2. The Bertz CT molecular complexity index is 1300. The van der Waals surface area contributed by atoms with Crippen LogP contribution in [0.2, 0.25) is 10.0 Å². The van der Waals surface area contributed by atoms with Gasteiger partial charge in [0.15, 0.2) is 11.5 Å². The standard InChI is InChI=1S/C28H28Cl2N2O2S/c1-28(2,3)19-7-9-21-22(14-31)27(35-26(21)12-19)32-15-17-5-10-24(25(11-17)33-4)34-16-18-6-8-20(29)13-23(18)30/h5-6,8,10-11,13,15,19H,7,9,12,16H2,1-4H3/t19-/m0/s1. The number of methoxy groups -OCH3 is 1. The summed E-state index contributed by atoms with van der Waals surface area (Å²) in [6.45, 7) is 7.18. The number of ether oxygens (including phenoxy) is 2. The van der Waals surface area contributed by atoms with Crippen LogP contribution in [0.25, 0.3) is 0 Å². The summed E-state index contributed by atoms with van der Waals surface area (Å²) in [4.78, 5) is 6.01. The predicted molar refractivity (Wildman–Crippen MR) is 145 cm³/mol. The van der Waals surface area contributed by atoms with Crippen LogP contribution < -0.4 is 9.47 Å². The number of nitriles is 1. The molecule has 4 nitrogen and oxygen atoms in total. The quantitative estimate of drug-likeness (QED) is 0.303. The second-order valence-corrected chi connectivity index (χ2v) is 11.7. The van der Waals surface area contributed by atoms with Crippen LogP contribution >= 0.6 is 34.5 Å². The molecule has 4 rings (SSSR count). The average Bonchev–Trinajstić information content (AvgIpc) is 3.18. The molecule has 1 aromatic heterocycles. The molecule has 7 heteroatoms. The van der Waals surface area contributed by atoms with Crippen molar-refractivity contribution in [3.05, 3.63) is 73.6 Å². The van der Waals surface area contributed by atoms with Gasteiger partial charge in [-0.1, -0.05) is 50.0 Å². The van der Waals surface area contributed by atoms with Gasteiger partial charge in [-0.05, 0) is 72.1 Å². The summed E-state index contributed by atoms with van der Waals surface area (Å²) in [6, 6.07) is 13.4. The van der Waals surface area contributed by atoms with E-state index in [1.54, 1.807) is 36.8 Å². The van der Waals surface area contributed by atoms with Crippen LogP contribution in [-0.2, 0) is 19.4 Å². The fraction of sp³-hybridized carbons (Fsp3) is 0.357. The van der Waals surface area contributed by atoms with Crippen molar-refractivity contribution in [2.75, 3.05) is 7.11 Å².